The first kappa shape index (κ1) is 12.5. The van der Waals surface area contributed by atoms with E-state index in [0.29, 0.717) is 13.0 Å². The van der Waals surface area contributed by atoms with Gasteiger partial charge in [0.1, 0.15) is 5.60 Å². The summed E-state index contributed by atoms with van der Waals surface area (Å²) in [4.78, 5) is 23.8. The Bertz CT molecular complexity index is 299. The fraction of sp³-hybridized carbons (Fsp3) is 0.778. The molecular formula is C9H14INO4. The first-order chi connectivity index (χ1) is 6.67. The van der Waals surface area contributed by atoms with Crippen molar-refractivity contribution in [3.05, 3.63) is 0 Å². The summed E-state index contributed by atoms with van der Waals surface area (Å²) in [5.41, 5.74) is -0.595. The van der Waals surface area contributed by atoms with Gasteiger partial charge in [-0.1, -0.05) is 0 Å². The van der Waals surface area contributed by atoms with E-state index in [1.54, 1.807) is 43.4 Å². The van der Waals surface area contributed by atoms with Gasteiger partial charge >= 0.3 is 12.1 Å². The molecular weight excluding hydrogens is 313 g/mol. The van der Waals surface area contributed by atoms with Crippen LogP contribution in [-0.2, 0) is 9.53 Å². The molecule has 1 aliphatic heterocycles. The minimum Gasteiger partial charge on any atom is -0.479 e. The second-order valence-electron chi connectivity index (χ2n) is 4.45. The lowest BCUT2D eigenvalue weighted by Crippen LogP contribution is -2.63. The van der Waals surface area contributed by atoms with Crippen LogP contribution < -0.4 is 0 Å². The van der Waals surface area contributed by atoms with Crippen LogP contribution in [0, 0.1) is 0 Å². The average molecular weight is 327 g/mol. The zero-order valence-corrected chi connectivity index (χ0v) is 11.1. The Kier molecular flexibility index (Phi) is 3.18. The molecule has 0 saturated carbocycles. The molecule has 1 aliphatic rings. The molecule has 1 heterocycles. The zero-order chi connectivity index (χ0) is 11.9. The molecule has 0 aromatic carbocycles. The van der Waals surface area contributed by atoms with Gasteiger partial charge in [-0.05, 0) is 43.4 Å². The second kappa shape index (κ2) is 3.80. The summed E-state index contributed by atoms with van der Waals surface area (Å²) in [6.45, 7) is 5.69. The molecule has 0 spiro atoms. The second-order valence-corrected chi connectivity index (χ2v) is 6.23. The van der Waals surface area contributed by atoms with Crippen LogP contribution in [0.1, 0.15) is 27.2 Å². The lowest BCUT2D eigenvalue weighted by Gasteiger charge is -2.45. The quantitative estimate of drug-likeness (QED) is 0.453. The molecule has 1 rings (SSSR count). The minimum atomic E-state index is -1.12. The molecule has 1 unspecified atom stereocenters. The topological polar surface area (TPSA) is 66.8 Å². The number of hydrogen-bond acceptors (Lipinski definition) is 3. The number of nitrogens with zero attached hydrogens (tertiary/aromatic N) is 1. The maximum absolute atomic E-state index is 11.6. The predicted octanol–water partition coefficient (Wildman–Crippen LogP) is 1.84. The van der Waals surface area contributed by atoms with E-state index in [-0.39, 0.29) is 0 Å². The van der Waals surface area contributed by atoms with Gasteiger partial charge in [0.05, 0.1) is 0 Å². The van der Waals surface area contributed by atoms with E-state index in [9.17, 15) is 9.59 Å². The molecule has 0 bridgehead atoms. The van der Waals surface area contributed by atoms with E-state index in [1.165, 1.54) is 4.90 Å². The van der Waals surface area contributed by atoms with Gasteiger partial charge in [0.15, 0.2) is 3.55 Å². The van der Waals surface area contributed by atoms with Crippen molar-refractivity contribution in [1.29, 1.82) is 0 Å². The van der Waals surface area contributed by atoms with E-state index in [2.05, 4.69) is 0 Å². The summed E-state index contributed by atoms with van der Waals surface area (Å²) in [6.07, 6.45) is -0.104. The minimum absolute atomic E-state index is 0.435. The van der Waals surface area contributed by atoms with Crippen LogP contribution in [0.2, 0.25) is 0 Å². The summed E-state index contributed by atoms with van der Waals surface area (Å²) in [6, 6.07) is 0. The first-order valence-corrected chi connectivity index (χ1v) is 5.67. The van der Waals surface area contributed by atoms with Crippen molar-refractivity contribution in [3.8, 4) is 0 Å². The Morgan fingerprint density at radius 1 is 1.47 bits per heavy atom. The van der Waals surface area contributed by atoms with Crippen LogP contribution in [0.15, 0.2) is 0 Å². The third-order valence-electron chi connectivity index (χ3n) is 2.04. The maximum Gasteiger partial charge on any atom is 0.411 e. The molecule has 0 radical (unpaired) electrons. The van der Waals surface area contributed by atoms with Gasteiger partial charge in [-0.15, -0.1) is 0 Å². The van der Waals surface area contributed by atoms with Gasteiger partial charge in [0, 0.05) is 13.0 Å². The molecule has 1 saturated heterocycles. The number of halogens is 1. The van der Waals surface area contributed by atoms with Crippen LogP contribution >= 0.6 is 22.6 Å². The van der Waals surface area contributed by atoms with Crippen LogP contribution in [0.4, 0.5) is 4.79 Å². The zero-order valence-electron chi connectivity index (χ0n) is 8.91. The Labute approximate surface area is 102 Å². The summed E-state index contributed by atoms with van der Waals surface area (Å²) >= 11 is 1.77. The van der Waals surface area contributed by atoms with E-state index < -0.39 is 21.2 Å². The number of rotatable bonds is 1. The molecule has 1 N–H and O–H groups in total. The number of ether oxygens (including phenoxy) is 1. The molecule has 1 atom stereocenters. The molecule has 0 aliphatic carbocycles. The van der Waals surface area contributed by atoms with E-state index in [1.807, 2.05) is 0 Å². The number of amides is 1. The Balaban J connectivity index is 2.67. The molecule has 5 nitrogen and oxygen atoms in total. The van der Waals surface area contributed by atoms with Gasteiger partial charge < -0.3 is 9.84 Å². The fourth-order valence-electron chi connectivity index (χ4n) is 1.20. The Hall–Kier alpha value is -0.530. The first-order valence-electron chi connectivity index (χ1n) is 4.60. The van der Waals surface area contributed by atoms with Crippen LogP contribution in [0.3, 0.4) is 0 Å². The van der Waals surface area contributed by atoms with Gasteiger partial charge in [0.25, 0.3) is 0 Å². The number of carboxylic acids is 1. The van der Waals surface area contributed by atoms with Crippen LogP contribution in [-0.4, -0.2) is 37.8 Å². The van der Waals surface area contributed by atoms with Crippen molar-refractivity contribution in [2.24, 2.45) is 0 Å². The standard InChI is InChI=1S/C9H14INO4/c1-8(2,3)15-7(14)11-5-4-9(11,10)6(12)13/h4-5H2,1-3H3,(H,12,13). The predicted molar refractivity (Wildman–Crippen MR) is 61.9 cm³/mol. The third-order valence-corrected chi connectivity index (χ3v) is 3.62. The van der Waals surface area contributed by atoms with Crippen molar-refractivity contribution in [2.75, 3.05) is 6.54 Å². The molecule has 0 aromatic heterocycles. The summed E-state index contributed by atoms with van der Waals surface area (Å²) in [7, 11) is 0. The van der Waals surface area contributed by atoms with Crippen molar-refractivity contribution in [2.45, 2.75) is 36.3 Å². The SMILES string of the molecule is CC(C)(C)OC(=O)N1CCC1(I)C(=O)O. The summed E-state index contributed by atoms with van der Waals surface area (Å²) in [5, 5.41) is 8.95. The van der Waals surface area contributed by atoms with Gasteiger partial charge in [-0.25, -0.2) is 9.59 Å². The number of likely N-dealkylation sites (tertiary alicyclic amines) is 1. The van der Waals surface area contributed by atoms with E-state index in [0.717, 1.165) is 0 Å². The molecule has 6 heteroatoms. The highest BCUT2D eigenvalue weighted by Gasteiger charge is 2.53. The Morgan fingerprint density at radius 3 is 2.27 bits per heavy atom. The lowest BCUT2D eigenvalue weighted by atomic mass is 10.0. The number of hydrogen-bond donors (Lipinski definition) is 1. The largest absolute Gasteiger partial charge is 0.479 e. The van der Waals surface area contributed by atoms with E-state index >= 15 is 0 Å². The van der Waals surface area contributed by atoms with Gasteiger partial charge in [0.2, 0.25) is 0 Å². The average Bonchev–Trinajstić information content (AvgIpc) is 1.96. The van der Waals surface area contributed by atoms with E-state index in [4.69, 9.17) is 9.84 Å². The highest BCUT2D eigenvalue weighted by Crippen LogP contribution is 2.38. The van der Waals surface area contributed by atoms with Crippen molar-refractivity contribution < 1.29 is 19.4 Å². The summed E-state index contributed by atoms with van der Waals surface area (Å²) < 4.78 is 3.98. The molecule has 0 aromatic rings. The maximum atomic E-state index is 11.6. The van der Waals surface area contributed by atoms with Crippen LogP contribution in [0.5, 0.6) is 0 Å². The number of carboxylic acid groups (broad SMARTS) is 1. The van der Waals surface area contributed by atoms with Crippen LogP contribution in [0.25, 0.3) is 0 Å². The molecule has 15 heavy (non-hydrogen) atoms. The monoisotopic (exact) mass is 327 g/mol. The Morgan fingerprint density at radius 2 is 2.00 bits per heavy atom. The smallest absolute Gasteiger partial charge is 0.411 e. The number of carbonyl (C=O) groups is 2. The van der Waals surface area contributed by atoms with Crippen molar-refractivity contribution in [1.82, 2.24) is 4.90 Å². The summed E-state index contributed by atoms with van der Waals surface area (Å²) in [5.74, 6) is -1.000. The third kappa shape index (κ3) is 2.53. The van der Waals surface area contributed by atoms with Crippen molar-refractivity contribution >= 4 is 34.7 Å². The van der Waals surface area contributed by atoms with Gasteiger partial charge in [-0.3, -0.25) is 4.90 Å². The number of alkyl halides is 1. The lowest BCUT2D eigenvalue weighted by molar-refractivity contribution is -0.149. The highest BCUT2D eigenvalue weighted by molar-refractivity contribution is 14.1. The highest BCUT2D eigenvalue weighted by atomic mass is 127. The number of carbonyl (C=O) groups excluding carboxylic acids is 1. The molecule has 1 amide bonds. The van der Waals surface area contributed by atoms with Gasteiger partial charge in [-0.2, -0.15) is 0 Å². The van der Waals surface area contributed by atoms with Crippen molar-refractivity contribution in [3.63, 3.8) is 0 Å². The fourth-order valence-corrected chi connectivity index (χ4v) is 1.87. The molecule has 86 valence electrons. The molecule has 1 fully saturated rings. The normalized spacial score (nSPS) is 25.7. The number of aliphatic carboxylic acids is 1.